The van der Waals surface area contributed by atoms with Crippen molar-refractivity contribution in [3.05, 3.63) is 59.1 Å². The van der Waals surface area contributed by atoms with Gasteiger partial charge in [-0.15, -0.1) is 0 Å². The number of halogens is 1. The second kappa shape index (κ2) is 8.06. The van der Waals surface area contributed by atoms with Crippen LogP contribution in [-0.2, 0) is 14.6 Å². The van der Waals surface area contributed by atoms with Crippen LogP contribution in [-0.4, -0.2) is 38.7 Å². The molecule has 8 heteroatoms. The summed E-state index contributed by atoms with van der Waals surface area (Å²) in [5.41, 5.74) is 1.63. The van der Waals surface area contributed by atoms with E-state index in [1.54, 1.807) is 48.5 Å². The van der Waals surface area contributed by atoms with Gasteiger partial charge >= 0.3 is 0 Å². The molecule has 0 aliphatic carbocycles. The van der Waals surface area contributed by atoms with Crippen LogP contribution in [0.15, 0.2) is 62.9 Å². The highest BCUT2D eigenvalue weighted by Crippen LogP contribution is 2.36. The first-order chi connectivity index (χ1) is 14.2. The summed E-state index contributed by atoms with van der Waals surface area (Å²) in [6.07, 6.45) is -0.125. The van der Waals surface area contributed by atoms with Crippen LogP contribution in [0.2, 0.25) is 5.02 Å². The van der Waals surface area contributed by atoms with E-state index < -0.39 is 9.84 Å². The van der Waals surface area contributed by atoms with Crippen molar-refractivity contribution >= 4 is 27.3 Å². The number of rotatable bonds is 4. The number of ether oxygens (including phenoxy) is 1. The Morgan fingerprint density at radius 1 is 1.00 bits per heavy atom. The predicted octanol–water partition coefficient (Wildman–Crippen LogP) is 4.75. The van der Waals surface area contributed by atoms with Crippen LogP contribution in [0.5, 0.6) is 0 Å². The molecule has 0 amide bonds. The van der Waals surface area contributed by atoms with E-state index in [1.807, 2.05) is 25.7 Å². The summed E-state index contributed by atoms with van der Waals surface area (Å²) >= 11 is 5.99. The summed E-state index contributed by atoms with van der Waals surface area (Å²) in [5, 5.41) is 0.492. The highest BCUT2D eigenvalue weighted by atomic mass is 35.5. The molecule has 0 spiro atoms. The fraction of sp³-hybridized carbons (Fsp3) is 0.318. The maximum Gasteiger partial charge on any atom is 0.236 e. The van der Waals surface area contributed by atoms with Gasteiger partial charge in [-0.25, -0.2) is 8.42 Å². The lowest BCUT2D eigenvalue weighted by molar-refractivity contribution is -0.00657. The molecule has 0 unspecified atom stereocenters. The standard InChI is InChI=1S/C22H23ClN2O4S/c1-14-4-10-19(11-5-14)30(26,27)21-22(25-12-15(2)28-16(3)13-25)29-20(24-21)17-6-8-18(23)9-7-17/h4-11,15-16H,12-13H2,1-3H3/t15-,16-/m0/s1. The van der Waals surface area contributed by atoms with E-state index in [0.717, 1.165) is 5.56 Å². The van der Waals surface area contributed by atoms with Crippen LogP contribution in [0.1, 0.15) is 19.4 Å². The molecular formula is C22H23ClN2O4S. The average Bonchev–Trinajstić information content (AvgIpc) is 3.14. The van der Waals surface area contributed by atoms with Crippen LogP contribution in [0.3, 0.4) is 0 Å². The SMILES string of the molecule is Cc1ccc(S(=O)(=O)c2nc(-c3ccc(Cl)cc3)oc2N2C[C@H](C)O[C@@H](C)C2)cc1. The van der Waals surface area contributed by atoms with Gasteiger partial charge in [0, 0.05) is 23.7 Å². The van der Waals surface area contributed by atoms with Crippen LogP contribution in [0, 0.1) is 6.92 Å². The van der Waals surface area contributed by atoms with Gasteiger partial charge in [0.25, 0.3) is 0 Å². The summed E-state index contributed by atoms with van der Waals surface area (Å²) < 4.78 is 38.8. The molecule has 2 atom stereocenters. The molecule has 1 fully saturated rings. The molecule has 1 aliphatic heterocycles. The summed E-state index contributed by atoms with van der Waals surface area (Å²) in [4.78, 5) is 6.50. The normalized spacial score (nSPS) is 19.8. The minimum absolute atomic E-state index is 0.0623. The lowest BCUT2D eigenvalue weighted by Crippen LogP contribution is -2.45. The van der Waals surface area contributed by atoms with Crippen LogP contribution in [0.25, 0.3) is 11.5 Å². The zero-order valence-corrected chi connectivity index (χ0v) is 18.6. The zero-order chi connectivity index (χ0) is 21.5. The van der Waals surface area contributed by atoms with Crippen molar-refractivity contribution < 1.29 is 17.6 Å². The Morgan fingerprint density at radius 2 is 1.60 bits per heavy atom. The van der Waals surface area contributed by atoms with Crippen molar-refractivity contribution in [1.29, 1.82) is 0 Å². The predicted molar refractivity (Wildman–Crippen MR) is 116 cm³/mol. The molecule has 30 heavy (non-hydrogen) atoms. The Kier molecular flexibility index (Phi) is 5.61. The third-order valence-electron chi connectivity index (χ3n) is 4.96. The Morgan fingerprint density at radius 3 is 2.20 bits per heavy atom. The Bertz CT molecular complexity index is 1130. The van der Waals surface area contributed by atoms with E-state index in [9.17, 15) is 8.42 Å². The Labute approximate surface area is 181 Å². The number of hydrogen-bond acceptors (Lipinski definition) is 6. The molecule has 0 radical (unpaired) electrons. The van der Waals surface area contributed by atoms with Gasteiger partial charge in [-0.05, 0) is 57.2 Å². The second-order valence-electron chi connectivity index (χ2n) is 7.62. The lowest BCUT2D eigenvalue weighted by Gasteiger charge is -2.35. The van der Waals surface area contributed by atoms with E-state index in [0.29, 0.717) is 23.7 Å². The van der Waals surface area contributed by atoms with Crippen LogP contribution >= 0.6 is 11.6 Å². The number of sulfone groups is 1. The maximum atomic E-state index is 13.5. The largest absolute Gasteiger partial charge is 0.419 e. The average molecular weight is 447 g/mol. The molecule has 0 N–H and O–H groups in total. The van der Waals surface area contributed by atoms with Gasteiger partial charge in [0.1, 0.15) is 0 Å². The second-order valence-corrected chi connectivity index (χ2v) is 9.92. The molecular weight excluding hydrogens is 424 g/mol. The number of benzene rings is 2. The van der Waals surface area contributed by atoms with E-state index in [1.165, 1.54) is 0 Å². The van der Waals surface area contributed by atoms with Gasteiger partial charge in [-0.2, -0.15) is 4.98 Å². The minimum Gasteiger partial charge on any atom is -0.419 e. The van der Waals surface area contributed by atoms with Crippen molar-refractivity contribution in [3.8, 4) is 11.5 Å². The zero-order valence-electron chi connectivity index (χ0n) is 17.0. The minimum atomic E-state index is -3.88. The van der Waals surface area contributed by atoms with Gasteiger partial charge in [-0.1, -0.05) is 29.3 Å². The topological polar surface area (TPSA) is 72.6 Å². The molecule has 1 aromatic heterocycles. The molecule has 1 aliphatic rings. The Balaban J connectivity index is 1.85. The number of aryl methyl sites for hydroxylation is 1. The van der Waals surface area contributed by atoms with Gasteiger partial charge in [-0.3, -0.25) is 0 Å². The number of hydrogen-bond donors (Lipinski definition) is 0. The van der Waals surface area contributed by atoms with Crippen molar-refractivity contribution in [2.75, 3.05) is 18.0 Å². The number of morpholine rings is 1. The quantitative estimate of drug-likeness (QED) is 0.575. The summed E-state index contributed by atoms with van der Waals surface area (Å²) in [7, 11) is -3.88. The molecule has 0 saturated carbocycles. The van der Waals surface area contributed by atoms with Crippen LogP contribution < -0.4 is 4.90 Å². The van der Waals surface area contributed by atoms with E-state index in [-0.39, 0.29) is 33.9 Å². The molecule has 1 saturated heterocycles. The molecule has 2 aromatic carbocycles. The number of nitrogens with zero attached hydrogens (tertiary/aromatic N) is 2. The third-order valence-corrected chi connectivity index (χ3v) is 6.88. The first-order valence-electron chi connectivity index (χ1n) is 9.73. The fourth-order valence-corrected chi connectivity index (χ4v) is 5.01. The highest BCUT2D eigenvalue weighted by molar-refractivity contribution is 7.91. The smallest absolute Gasteiger partial charge is 0.236 e. The van der Waals surface area contributed by atoms with Crippen molar-refractivity contribution in [3.63, 3.8) is 0 Å². The van der Waals surface area contributed by atoms with Crippen molar-refractivity contribution in [2.24, 2.45) is 0 Å². The van der Waals surface area contributed by atoms with Gasteiger partial charge in [0.2, 0.25) is 26.6 Å². The molecule has 4 rings (SSSR count). The molecule has 0 bridgehead atoms. The first-order valence-corrected chi connectivity index (χ1v) is 11.6. The van der Waals surface area contributed by atoms with Gasteiger partial charge in [0.05, 0.1) is 17.1 Å². The lowest BCUT2D eigenvalue weighted by atomic mass is 10.2. The molecule has 3 aromatic rings. The summed E-state index contributed by atoms with van der Waals surface area (Å²) in [6, 6.07) is 13.7. The van der Waals surface area contributed by atoms with Gasteiger partial charge in [0.15, 0.2) is 0 Å². The van der Waals surface area contributed by atoms with Gasteiger partial charge < -0.3 is 14.1 Å². The fourth-order valence-electron chi connectivity index (χ4n) is 3.56. The summed E-state index contributed by atoms with van der Waals surface area (Å²) in [5.74, 6) is 0.474. The highest BCUT2D eigenvalue weighted by Gasteiger charge is 2.34. The molecule has 2 heterocycles. The number of anilines is 1. The monoisotopic (exact) mass is 446 g/mol. The van der Waals surface area contributed by atoms with Crippen molar-refractivity contribution in [2.45, 2.75) is 42.9 Å². The van der Waals surface area contributed by atoms with Crippen LogP contribution in [0.4, 0.5) is 5.88 Å². The number of aromatic nitrogens is 1. The molecule has 158 valence electrons. The Hall–Kier alpha value is -2.35. The number of oxazole rings is 1. The third kappa shape index (κ3) is 4.10. The first kappa shape index (κ1) is 20.9. The molecule has 6 nitrogen and oxygen atoms in total. The maximum absolute atomic E-state index is 13.5. The van der Waals surface area contributed by atoms with Crippen molar-refractivity contribution in [1.82, 2.24) is 4.98 Å². The van der Waals surface area contributed by atoms with E-state index in [2.05, 4.69) is 4.98 Å². The van der Waals surface area contributed by atoms with E-state index in [4.69, 9.17) is 20.8 Å². The van der Waals surface area contributed by atoms with E-state index >= 15 is 0 Å². The summed E-state index contributed by atoms with van der Waals surface area (Å²) in [6.45, 7) is 6.83.